The second kappa shape index (κ2) is 5.58. The maximum absolute atomic E-state index is 5.44. The number of hydrogen-bond donors (Lipinski definition) is 0. The first-order valence-corrected chi connectivity index (χ1v) is 6.69. The molecular weight excluding hydrogens is 258 g/mol. The molecule has 106 valence electrons. The minimum absolute atomic E-state index is 0.274. The average molecular weight is 275 g/mol. The number of rotatable bonds is 3. The van der Waals surface area contributed by atoms with Gasteiger partial charge in [-0.1, -0.05) is 12.1 Å². The van der Waals surface area contributed by atoms with Crippen molar-refractivity contribution in [2.24, 2.45) is 5.92 Å². The molecule has 0 radical (unpaired) electrons. The van der Waals surface area contributed by atoms with Gasteiger partial charge in [-0.2, -0.15) is 4.98 Å². The molecule has 0 bridgehead atoms. The van der Waals surface area contributed by atoms with Crippen LogP contribution in [0.4, 0.5) is 0 Å². The molecule has 0 amide bonds. The second-order valence-electron chi connectivity index (χ2n) is 4.99. The van der Waals surface area contributed by atoms with E-state index in [1.165, 1.54) is 0 Å². The Labute approximate surface area is 117 Å². The van der Waals surface area contributed by atoms with Crippen LogP contribution in [0, 0.1) is 5.92 Å². The van der Waals surface area contributed by atoms with Crippen LogP contribution < -0.4 is 4.74 Å². The lowest BCUT2D eigenvalue weighted by atomic mass is 9.90. The van der Waals surface area contributed by atoms with Crippen LogP contribution in [-0.4, -0.2) is 35.4 Å². The maximum atomic E-state index is 5.44. The Morgan fingerprint density at radius 1 is 1.35 bits per heavy atom. The first-order valence-electron chi connectivity index (χ1n) is 6.69. The number of hydrogen-bond acceptors (Lipinski definition) is 6. The molecule has 1 aliphatic heterocycles. The van der Waals surface area contributed by atoms with Crippen molar-refractivity contribution in [1.29, 1.82) is 0 Å². The molecule has 1 fully saturated rings. The molecule has 2 aromatic heterocycles. The molecule has 1 aliphatic rings. The summed E-state index contributed by atoms with van der Waals surface area (Å²) in [5.74, 6) is 2.48. The van der Waals surface area contributed by atoms with Gasteiger partial charge in [-0.15, -0.1) is 0 Å². The zero-order chi connectivity index (χ0) is 13.9. The van der Waals surface area contributed by atoms with Gasteiger partial charge >= 0.3 is 0 Å². The molecule has 3 rings (SSSR count). The van der Waals surface area contributed by atoms with Gasteiger partial charge in [0.15, 0.2) is 0 Å². The largest absolute Gasteiger partial charge is 0.481 e. The molecular formula is C14H17N3O3. The Morgan fingerprint density at radius 3 is 2.95 bits per heavy atom. The van der Waals surface area contributed by atoms with Crippen molar-refractivity contribution in [1.82, 2.24) is 15.1 Å². The lowest BCUT2D eigenvalue weighted by Gasteiger charge is -2.25. The molecule has 0 N–H and O–H groups in total. The third-order valence-corrected chi connectivity index (χ3v) is 3.60. The van der Waals surface area contributed by atoms with Crippen molar-refractivity contribution >= 4 is 0 Å². The second-order valence-corrected chi connectivity index (χ2v) is 4.99. The van der Waals surface area contributed by atoms with E-state index in [4.69, 9.17) is 14.0 Å². The first-order chi connectivity index (χ1) is 9.78. The molecule has 2 unspecified atom stereocenters. The highest BCUT2D eigenvalue weighted by Gasteiger charge is 2.28. The highest BCUT2D eigenvalue weighted by Crippen LogP contribution is 2.31. The first kappa shape index (κ1) is 13.1. The monoisotopic (exact) mass is 275 g/mol. The topological polar surface area (TPSA) is 70.3 Å². The van der Waals surface area contributed by atoms with E-state index in [1.807, 2.05) is 6.07 Å². The quantitative estimate of drug-likeness (QED) is 0.855. The average Bonchev–Trinajstić information content (AvgIpc) is 2.97. The van der Waals surface area contributed by atoms with Gasteiger partial charge in [0, 0.05) is 37.0 Å². The summed E-state index contributed by atoms with van der Waals surface area (Å²) in [6.07, 6.45) is 2.60. The van der Waals surface area contributed by atoms with Crippen LogP contribution in [0.3, 0.4) is 0 Å². The highest BCUT2D eigenvalue weighted by molar-refractivity contribution is 5.53. The lowest BCUT2D eigenvalue weighted by Crippen LogP contribution is -2.23. The Balaban J connectivity index is 1.81. The molecule has 0 aliphatic carbocycles. The zero-order valence-corrected chi connectivity index (χ0v) is 11.6. The molecule has 0 spiro atoms. The van der Waals surface area contributed by atoms with Gasteiger partial charge in [0.2, 0.25) is 17.6 Å². The summed E-state index contributed by atoms with van der Waals surface area (Å²) in [5.41, 5.74) is 0.820. The standard InChI is InChI=1S/C14H17N3O3/c1-9-8-19-6-5-11(9)14-16-13(17-20-14)10-3-4-12(18-2)15-7-10/h3-4,7,9,11H,5-6,8H2,1-2H3. The SMILES string of the molecule is COc1ccc(-c2noc(C3CCOCC3C)n2)cn1. The summed E-state index contributed by atoms with van der Waals surface area (Å²) in [4.78, 5) is 8.64. The van der Waals surface area contributed by atoms with Gasteiger partial charge in [-0.3, -0.25) is 0 Å². The van der Waals surface area contributed by atoms with E-state index >= 15 is 0 Å². The van der Waals surface area contributed by atoms with Crippen molar-refractivity contribution < 1.29 is 14.0 Å². The molecule has 2 aromatic rings. The third-order valence-electron chi connectivity index (χ3n) is 3.60. The van der Waals surface area contributed by atoms with E-state index in [-0.39, 0.29) is 5.92 Å². The third kappa shape index (κ3) is 2.51. The predicted octanol–water partition coefficient (Wildman–Crippen LogP) is 2.28. The minimum atomic E-state index is 0.274. The van der Waals surface area contributed by atoms with E-state index in [1.54, 1.807) is 19.4 Å². The minimum Gasteiger partial charge on any atom is -0.481 e. The molecule has 1 saturated heterocycles. The maximum Gasteiger partial charge on any atom is 0.230 e. The van der Waals surface area contributed by atoms with Gasteiger partial charge in [0.05, 0.1) is 7.11 Å². The summed E-state index contributed by atoms with van der Waals surface area (Å²) in [5, 5.41) is 4.04. The number of aromatic nitrogens is 3. The molecule has 2 atom stereocenters. The fraction of sp³-hybridized carbons (Fsp3) is 0.500. The Morgan fingerprint density at radius 2 is 2.25 bits per heavy atom. The van der Waals surface area contributed by atoms with E-state index in [9.17, 15) is 0 Å². The molecule has 0 saturated carbocycles. The van der Waals surface area contributed by atoms with Crippen LogP contribution >= 0.6 is 0 Å². The van der Waals surface area contributed by atoms with Crippen molar-refractivity contribution in [2.45, 2.75) is 19.3 Å². The normalized spacial score (nSPS) is 22.7. The number of nitrogens with zero attached hydrogens (tertiary/aromatic N) is 3. The molecule has 6 nitrogen and oxygen atoms in total. The summed E-state index contributed by atoms with van der Waals surface area (Å²) in [6, 6.07) is 3.65. The van der Waals surface area contributed by atoms with Gasteiger partial charge in [0.25, 0.3) is 0 Å². The highest BCUT2D eigenvalue weighted by atomic mass is 16.5. The fourth-order valence-electron chi connectivity index (χ4n) is 2.38. The summed E-state index contributed by atoms with van der Waals surface area (Å²) in [7, 11) is 1.58. The summed E-state index contributed by atoms with van der Waals surface area (Å²) in [6.45, 7) is 3.63. The molecule has 20 heavy (non-hydrogen) atoms. The molecule has 3 heterocycles. The van der Waals surface area contributed by atoms with E-state index < -0.39 is 0 Å². The van der Waals surface area contributed by atoms with Crippen LogP contribution in [0.15, 0.2) is 22.9 Å². The van der Waals surface area contributed by atoms with Crippen molar-refractivity contribution in [3.63, 3.8) is 0 Å². The molecule has 0 aromatic carbocycles. The van der Waals surface area contributed by atoms with Crippen molar-refractivity contribution in [3.8, 4) is 17.3 Å². The van der Waals surface area contributed by atoms with E-state index in [2.05, 4.69) is 22.0 Å². The van der Waals surface area contributed by atoms with Crippen LogP contribution in [0.5, 0.6) is 5.88 Å². The van der Waals surface area contributed by atoms with Crippen molar-refractivity contribution in [2.75, 3.05) is 20.3 Å². The van der Waals surface area contributed by atoms with E-state index in [0.717, 1.165) is 25.2 Å². The zero-order valence-electron chi connectivity index (χ0n) is 11.6. The van der Waals surface area contributed by atoms with Crippen LogP contribution in [-0.2, 0) is 4.74 Å². The Hall–Kier alpha value is -1.95. The van der Waals surface area contributed by atoms with Gasteiger partial charge in [0.1, 0.15) is 0 Å². The summed E-state index contributed by atoms with van der Waals surface area (Å²) >= 11 is 0. The van der Waals surface area contributed by atoms with Gasteiger partial charge < -0.3 is 14.0 Å². The van der Waals surface area contributed by atoms with Crippen LogP contribution in [0.1, 0.15) is 25.2 Å². The van der Waals surface area contributed by atoms with Gasteiger partial charge in [-0.25, -0.2) is 4.98 Å². The Kier molecular flexibility index (Phi) is 3.64. The van der Waals surface area contributed by atoms with Crippen LogP contribution in [0.25, 0.3) is 11.4 Å². The number of ether oxygens (including phenoxy) is 2. The van der Waals surface area contributed by atoms with E-state index in [0.29, 0.717) is 23.5 Å². The summed E-state index contributed by atoms with van der Waals surface area (Å²) < 4.78 is 15.9. The van der Waals surface area contributed by atoms with Gasteiger partial charge in [-0.05, 0) is 18.4 Å². The fourth-order valence-corrected chi connectivity index (χ4v) is 2.38. The predicted molar refractivity (Wildman–Crippen MR) is 71.4 cm³/mol. The smallest absolute Gasteiger partial charge is 0.230 e. The lowest BCUT2D eigenvalue weighted by molar-refractivity contribution is 0.0392. The molecule has 6 heteroatoms. The number of pyridine rings is 1. The number of methoxy groups -OCH3 is 1. The Bertz CT molecular complexity index is 567. The van der Waals surface area contributed by atoms with Crippen molar-refractivity contribution in [3.05, 3.63) is 24.2 Å². The van der Waals surface area contributed by atoms with Crippen LogP contribution in [0.2, 0.25) is 0 Å².